The van der Waals surface area contributed by atoms with E-state index < -0.39 is 0 Å². The van der Waals surface area contributed by atoms with E-state index in [9.17, 15) is 0 Å². The highest BCUT2D eigenvalue weighted by Gasteiger charge is 1.71. The highest BCUT2D eigenvalue weighted by atomic mass is 13.8. The molecule has 0 atom stereocenters. The molecule has 6 heavy (non-hydrogen) atoms. The predicted molar refractivity (Wildman–Crippen MR) is 29.7 cm³/mol. The van der Waals surface area contributed by atoms with Gasteiger partial charge in [-0.2, -0.15) is 0 Å². The largest absolute Gasteiger partial charge is 0.103 e. The number of unbranched alkanes of at least 4 members (excludes halogenated alkanes) is 1. The van der Waals surface area contributed by atoms with Crippen molar-refractivity contribution >= 4 is 0 Å². The minimum Gasteiger partial charge on any atom is -0.103 e. The molecule has 0 aromatic heterocycles. The molecule has 0 aromatic rings. The topological polar surface area (TPSA) is 0 Å². The Bertz CT molecular complexity index is 76.6. The second kappa shape index (κ2) is 4.74. The highest BCUT2D eigenvalue weighted by Crippen LogP contribution is 1.91. The lowest BCUT2D eigenvalue weighted by molar-refractivity contribution is 0.816. The monoisotopic (exact) mass is 86.1 g/mol. The second-order valence-electron chi connectivity index (χ2n) is 1.31. The maximum Gasteiger partial charge on any atom is 0.0570 e. The molecule has 0 heteroatoms. The minimum absolute atomic E-state index is 0.437. The summed E-state index contributed by atoms with van der Waals surface area (Å²) in [6.07, 6.45) is 2.91. The Labute approximate surface area is 42.7 Å². The third-order valence-corrected chi connectivity index (χ3v) is 0.675. The van der Waals surface area contributed by atoms with Gasteiger partial charge < -0.3 is 0 Å². The van der Waals surface area contributed by atoms with Crippen molar-refractivity contribution in [2.45, 2.75) is 26.2 Å². The van der Waals surface area contributed by atoms with Crippen LogP contribution >= 0.6 is 0 Å². The van der Waals surface area contributed by atoms with E-state index in [1.807, 2.05) is 0 Å². The minimum atomic E-state index is 0.437. The van der Waals surface area contributed by atoms with Gasteiger partial charge in [0.25, 0.3) is 0 Å². The molecule has 0 spiro atoms. The van der Waals surface area contributed by atoms with Crippen LogP contribution in [0.15, 0.2) is 12.6 Å². The number of hydrogen-bond donors (Lipinski definition) is 0. The summed E-state index contributed by atoms with van der Waals surface area (Å²) in [6.45, 7) is 3.19. The zero-order valence-electron chi connectivity index (χ0n) is 6.20. The van der Waals surface area contributed by atoms with E-state index >= 15 is 0 Å². The van der Waals surface area contributed by atoms with Crippen LogP contribution in [0.2, 0.25) is 0 Å². The van der Waals surface area contributed by atoms with Gasteiger partial charge in [0.1, 0.15) is 0 Å². The van der Waals surface area contributed by atoms with Crippen molar-refractivity contribution in [3.05, 3.63) is 12.6 Å². The molecule has 0 bridgehead atoms. The molecular formula is C6H12. The SMILES string of the molecule is [2H]C=C([2H])CCCC. The van der Waals surface area contributed by atoms with Gasteiger partial charge in [-0.05, 0) is 6.42 Å². The Hall–Kier alpha value is -0.260. The molecule has 0 heterocycles. The summed E-state index contributed by atoms with van der Waals surface area (Å²) in [5.74, 6) is 0. The molecule has 0 aliphatic carbocycles. The van der Waals surface area contributed by atoms with E-state index in [1.165, 1.54) is 0 Å². The first-order chi connectivity index (χ1) is 3.81. The smallest absolute Gasteiger partial charge is 0.0570 e. The summed E-state index contributed by atoms with van der Waals surface area (Å²) in [5.41, 5.74) is 0. The van der Waals surface area contributed by atoms with E-state index in [4.69, 9.17) is 2.74 Å². The Kier molecular flexibility index (Phi) is 2.24. The van der Waals surface area contributed by atoms with Gasteiger partial charge in [0.15, 0.2) is 0 Å². The molecule has 0 rings (SSSR count). The van der Waals surface area contributed by atoms with E-state index in [0.29, 0.717) is 6.05 Å². The molecule has 0 aliphatic heterocycles. The maximum absolute atomic E-state index is 7.00. The van der Waals surface area contributed by atoms with Gasteiger partial charge in [0.05, 0.1) is 2.74 Å². The normalized spacial score (nSPS) is 16.5. The molecule has 36 valence electrons. The molecule has 0 nitrogen and oxygen atoms in total. The van der Waals surface area contributed by atoms with Gasteiger partial charge in [-0.1, -0.05) is 25.8 Å². The number of rotatable bonds is 3. The van der Waals surface area contributed by atoms with Crippen LogP contribution < -0.4 is 0 Å². The van der Waals surface area contributed by atoms with E-state index in [-0.39, 0.29) is 0 Å². The molecule has 0 unspecified atom stereocenters. The van der Waals surface area contributed by atoms with Crippen LogP contribution in [0.4, 0.5) is 0 Å². The van der Waals surface area contributed by atoms with Gasteiger partial charge >= 0.3 is 0 Å². The fraction of sp³-hybridized carbons (Fsp3) is 0.667. The lowest BCUT2D eigenvalue weighted by atomic mass is 10.3. The molecule has 0 saturated heterocycles. The average Bonchev–Trinajstić information content (AvgIpc) is 1.83. The van der Waals surface area contributed by atoms with Crippen LogP contribution in [0.25, 0.3) is 0 Å². The zero-order chi connectivity index (χ0) is 6.41. The third-order valence-electron chi connectivity index (χ3n) is 0.675. The molecule has 0 radical (unpaired) electrons. The van der Waals surface area contributed by atoms with Crippen molar-refractivity contribution in [2.75, 3.05) is 0 Å². The van der Waals surface area contributed by atoms with Gasteiger partial charge in [0, 0.05) is 0 Å². The van der Waals surface area contributed by atoms with Crippen LogP contribution in [-0.4, -0.2) is 0 Å². The van der Waals surface area contributed by atoms with Crippen molar-refractivity contribution in [1.82, 2.24) is 0 Å². The van der Waals surface area contributed by atoms with Gasteiger partial charge in [0.2, 0.25) is 0 Å². The van der Waals surface area contributed by atoms with Gasteiger partial charge in [-0.3, -0.25) is 0 Å². The van der Waals surface area contributed by atoms with Crippen LogP contribution in [0, 0.1) is 0 Å². The lowest BCUT2D eigenvalue weighted by Gasteiger charge is -1.81. The summed E-state index contributed by atoms with van der Waals surface area (Å²) < 4.78 is 13.6. The highest BCUT2D eigenvalue weighted by molar-refractivity contribution is 4.64. The Morgan fingerprint density at radius 2 is 3.00 bits per heavy atom. The van der Waals surface area contributed by atoms with Crippen LogP contribution in [0.5, 0.6) is 0 Å². The number of hydrogen-bond acceptors (Lipinski definition) is 0. The Morgan fingerprint density at radius 1 is 2.17 bits per heavy atom. The van der Waals surface area contributed by atoms with E-state index in [1.54, 1.807) is 0 Å². The first kappa shape index (κ1) is 2.84. The average molecular weight is 86.2 g/mol. The predicted octanol–water partition coefficient (Wildman–Crippen LogP) is 2.36. The zero-order valence-corrected chi connectivity index (χ0v) is 4.20. The summed E-state index contributed by atoms with van der Waals surface area (Å²) in [6, 6.07) is 0.437. The summed E-state index contributed by atoms with van der Waals surface area (Å²) in [4.78, 5) is 0. The first-order valence-corrected chi connectivity index (χ1v) is 2.35. The van der Waals surface area contributed by atoms with Crippen LogP contribution in [0.3, 0.4) is 0 Å². The van der Waals surface area contributed by atoms with Gasteiger partial charge in [-0.25, -0.2) is 0 Å². The molecule has 0 amide bonds. The summed E-state index contributed by atoms with van der Waals surface area (Å²) in [5, 5.41) is 0. The van der Waals surface area contributed by atoms with E-state index in [0.717, 1.165) is 25.8 Å². The van der Waals surface area contributed by atoms with E-state index in [2.05, 4.69) is 6.92 Å². The van der Waals surface area contributed by atoms with Crippen molar-refractivity contribution in [2.24, 2.45) is 0 Å². The molecular weight excluding hydrogens is 72.1 g/mol. The molecule has 0 saturated carbocycles. The lowest BCUT2D eigenvalue weighted by Crippen LogP contribution is -1.61. The molecule has 0 fully saturated rings. The van der Waals surface area contributed by atoms with Crippen LogP contribution in [-0.2, 0) is 0 Å². The first-order valence-electron chi connectivity index (χ1n) is 3.43. The third kappa shape index (κ3) is 3.74. The summed E-state index contributed by atoms with van der Waals surface area (Å²) in [7, 11) is 0. The summed E-state index contributed by atoms with van der Waals surface area (Å²) >= 11 is 0. The van der Waals surface area contributed by atoms with Gasteiger partial charge in [-0.15, -0.1) is 6.55 Å². The van der Waals surface area contributed by atoms with Crippen molar-refractivity contribution in [1.29, 1.82) is 0 Å². The molecule has 0 N–H and O–H groups in total. The second-order valence-corrected chi connectivity index (χ2v) is 1.31. The van der Waals surface area contributed by atoms with Crippen LogP contribution in [0.1, 0.15) is 28.9 Å². The Balaban J connectivity index is 3.12. The van der Waals surface area contributed by atoms with Crippen molar-refractivity contribution in [3.8, 4) is 0 Å². The molecule has 0 aliphatic rings. The molecule has 0 aromatic carbocycles. The Morgan fingerprint density at radius 3 is 3.50 bits per heavy atom. The standard InChI is InChI=1S/C6H12/c1-3-5-6-4-2/h3H,1,4-6H2,2H3/i1D,3D. The fourth-order valence-electron chi connectivity index (χ4n) is 0.279. The van der Waals surface area contributed by atoms with Crippen molar-refractivity contribution in [3.63, 3.8) is 0 Å². The fourth-order valence-corrected chi connectivity index (χ4v) is 0.279. The quantitative estimate of drug-likeness (QED) is 0.462. The van der Waals surface area contributed by atoms with Crippen molar-refractivity contribution < 1.29 is 2.74 Å². The maximum atomic E-state index is 7.00. The number of allylic oxidation sites excluding steroid dienone is 1.